The Labute approximate surface area is 109 Å². The van der Waals surface area contributed by atoms with Gasteiger partial charge < -0.3 is 20.2 Å². The number of anilines is 1. The number of nitrogens with one attached hydrogen (secondary N) is 2. The molecule has 1 saturated heterocycles. The van der Waals surface area contributed by atoms with Crippen molar-refractivity contribution in [2.24, 2.45) is 0 Å². The molecular weight excluding hydrogens is 250 g/mol. The van der Waals surface area contributed by atoms with Gasteiger partial charge >= 0.3 is 0 Å². The SMILES string of the molecule is COCC1CCCO1.Nc1nc2nc[nH]c2c(=O)[nH]1. The summed E-state index contributed by atoms with van der Waals surface area (Å²) in [5.74, 6) is 0.0783. The van der Waals surface area contributed by atoms with E-state index in [1.54, 1.807) is 7.11 Å². The van der Waals surface area contributed by atoms with E-state index < -0.39 is 0 Å². The number of hydrogen-bond donors (Lipinski definition) is 3. The molecular formula is C11H17N5O3. The van der Waals surface area contributed by atoms with E-state index in [1.807, 2.05) is 0 Å². The van der Waals surface area contributed by atoms with Gasteiger partial charge in [-0.05, 0) is 12.8 Å². The van der Waals surface area contributed by atoms with Crippen LogP contribution in [0, 0.1) is 0 Å². The number of rotatable bonds is 2. The molecule has 0 spiro atoms. The second-order valence-electron chi connectivity index (χ2n) is 4.14. The van der Waals surface area contributed by atoms with E-state index in [0.717, 1.165) is 13.2 Å². The maximum Gasteiger partial charge on any atom is 0.278 e. The van der Waals surface area contributed by atoms with Crippen LogP contribution in [0.2, 0.25) is 0 Å². The molecule has 0 aliphatic carbocycles. The standard InChI is InChI=1S/C6H12O2.C5H5N5O/c1-7-5-6-3-2-4-8-6;6-5-9-3-2(4(11)10-5)7-1-8-3/h6H,2-5H2,1H3;1H,(H4,6,7,8,9,10,11). The number of fused-ring (bicyclic) bond motifs is 1. The van der Waals surface area contributed by atoms with E-state index in [1.165, 1.54) is 19.2 Å². The number of imidazole rings is 1. The molecule has 1 fully saturated rings. The maximum absolute atomic E-state index is 11.0. The summed E-state index contributed by atoms with van der Waals surface area (Å²) in [6.45, 7) is 1.69. The van der Waals surface area contributed by atoms with Crippen LogP contribution in [0.25, 0.3) is 11.2 Å². The van der Waals surface area contributed by atoms with Crippen LogP contribution in [0.1, 0.15) is 12.8 Å². The third-order valence-corrected chi connectivity index (χ3v) is 2.69. The molecule has 3 heterocycles. The molecule has 19 heavy (non-hydrogen) atoms. The van der Waals surface area contributed by atoms with Crippen molar-refractivity contribution in [1.82, 2.24) is 19.9 Å². The lowest BCUT2D eigenvalue weighted by atomic mass is 10.2. The zero-order valence-electron chi connectivity index (χ0n) is 10.7. The van der Waals surface area contributed by atoms with Crippen LogP contribution in [0.5, 0.6) is 0 Å². The van der Waals surface area contributed by atoms with Crippen molar-refractivity contribution in [3.8, 4) is 0 Å². The fourth-order valence-corrected chi connectivity index (χ4v) is 1.82. The molecule has 1 unspecified atom stereocenters. The van der Waals surface area contributed by atoms with Crippen molar-refractivity contribution >= 4 is 17.1 Å². The molecule has 0 amide bonds. The van der Waals surface area contributed by atoms with Gasteiger partial charge in [-0.1, -0.05) is 0 Å². The summed E-state index contributed by atoms with van der Waals surface area (Å²) in [6.07, 6.45) is 4.16. The highest BCUT2D eigenvalue weighted by atomic mass is 16.5. The first kappa shape index (κ1) is 13.5. The summed E-state index contributed by atoms with van der Waals surface area (Å²) in [4.78, 5) is 23.5. The van der Waals surface area contributed by atoms with Crippen LogP contribution in [0.3, 0.4) is 0 Å². The molecule has 8 heteroatoms. The van der Waals surface area contributed by atoms with Crippen molar-refractivity contribution in [2.45, 2.75) is 18.9 Å². The highest BCUT2D eigenvalue weighted by Gasteiger charge is 2.13. The Hall–Kier alpha value is -1.93. The van der Waals surface area contributed by atoms with Crippen molar-refractivity contribution in [3.63, 3.8) is 0 Å². The van der Waals surface area contributed by atoms with Gasteiger partial charge in [-0.25, -0.2) is 4.98 Å². The molecule has 1 atom stereocenters. The first-order chi connectivity index (χ1) is 9.20. The molecule has 104 valence electrons. The summed E-state index contributed by atoms with van der Waals surface area (Å²) >= 11 is 0. The zero-order valence-corrected chi connectivity index (χ0v) is 10.7. The first-order valence-electron chi connectivity index (χ1n) is 6.00. The summed E-state index contributed by atoms with van der Waals surface area (Å²) in [7, 11) is 1.71. The summed E-state index contributed by atoms with van der Waals surface area (Å²) in [5, 5.41) is 0. The van der Waals surface area contributed by atoms with E-state index in [-0.39, 0.29) is 11.5 Å². The molecule has 0 bridgehead atoms. The van der Waals surface area contributed by atoms with Crippen LogP contribution >= 0.6 is 0 Å². The molecule has 4 N–H and O–H groups in total. The van der Waals surface area contributed by atoms with Crippen LogP contribution in [0.15, 0.2) is 11.1 Å². The van der Waals surface area contributed by atoms with Gasteiger partial charge in [-0.15, -0.1) is 0 Å². The van der Waals surface area contributed by atoms with E-state index in [2.05, 4.69) is 19.9 Å². The van der Waals surface area contributed by atoms with E-state index in [0.29, 0.717) is 17.3 Å². The predicted molar refractivity (Wildman–Crippen MR) is 69.8 cm³/mol. The van der Waals surface area contributed by atoms with Crippen molar-refractivity contribution < 1.29 is 9.47 Å². The normalized spacial score (nSPS) is 18.3. The molecule has 1 aliphatic heterocycles. The third-order valence-electron chi connectivity index (χ3n) is 2.69. The predicted octanol–water partition coefficient (Wildman–Crippen LogP) is 0.0402. The minimum absolute atomic E-state index is 0.0783. The fourth-order valence-electron chi connectivity index (χ4n) is 1.82. The molecule has 1 aliphatic rings. The Bertz CT molecular complexity index is 573. The number of methoxy groups -OCH3 is 1. The first-order valence-corrected chi connectivity index (χ1v) is 6.00. The topological polar surface area (TPSA) is 119 Å². The van der Waals surface area contributed by atoms with Crippen LogP contribution < -0.4 is 11.3 Å². The molecule has 0 saturated carbocycles. The van der Waals surface area contributed by atoms with E-state index in [9.17, 15) is 4.79 Å². The molecule has 2 aromatic rings. The number of aromatic amines is 2. The lowest BCUT2D eigenvalue weighted by Crippen LogP contribution is -2.11. The second-order valence-corrected chi connectivity index (χ2v) is 4.14. The Morgan fingerprint density at radius 3 is 3.16 bits per heavy atom. The molecule has 8 nitrogen and oxygen atoms in total. The van der Waals surface area contributed by atoms with Gasteiger partial charge in [0, 0.05) is 13.7 Å². The second kappa shape index (κ2) is 6.30. The number of hydrogen-bond acceptors (Lipinski definition) is 6. The lowest BCUT2D eigenvalue weighted by Gasteiger charge is -2.05. The van der Waals surface area contributed by atoms with Crippen LogP contribution in [-0.4, -0.2) is 46.4 Å². The molecule has 0 radical (unpaired) electrons. The lowest BCUT2D eigenvalue weighted by molar-refractivity contribution is 0.0380. The molecule has 2 aromatic heterocycles. The number of nitrogens with two attached hydrogens (primary N) is 1. The van der Waals surface area contributed by atoms with E-state index in [4.69, 9.17) is 15.2 Å². The van der Waals surface area contributed by atoms with Crippen molar-refractivity contribution in [1.29, 1.82) is 0 Å². The van der Waals surface area contributed by atoms with Gasteiger partial charge in [0.25, 0.3) is 5.56 Å². The average Bonchev–Trinajstić information content (AvgIpc) is 3.00. The van der Waals surface area contributed by atoms with Gasteiger partial charge in [0.1, 0.15) is 0 Å². The Morgan fingerprint density at radius 2 is 2.47 bits per heavy atom. The zero-order chi connectivity index (χ0) is 13.7. The minimum atomic E-state index is -0.301. The Balaban J connectivity index is 0.000000148. The highest BCUT2D eigenvalue weighted by Crippen LogP contribution is 2.11. The number of nitrogens with zero attached hydrogens (tertiary/aromatic N) is 2. The number of H-pyrrole nitrogens is 2. The number of nitrogen functional groups attached to an aromatic ring is 1. The minimum Gasteiger partial charge on any atom is -0.382 e. The van der Waals surface area contributed by atoms with Gasteiger partial charge in [0.15, 0.2) is 11.2 Å². The monoisotopic (exact) mass is 267 g/mol. The summed E-state index contributed by atoms with van der Waals surface area (Å²) in [6, 6.07) is 0. The van der Waals surface area contributed by atoms with Gasteiger partial charge in [0.2, 0.25) is 5.95 Å². The fraction of sp³-hybridized carbons (Fsp3) is 0.545. The smallest absolute Gasteiger partial charge is 0.278 e. The Kier molecular flexibility index (Phi) is 4.48. The van der Waals surface area contributed by atoms with Crippen LogP contribution in [0.4, 0.5) is 5.95 Å². The molecule has 0 aromatic carbocycles. The number of ether oxygens (including phenoxy) is 2. The van der Waals surface area contributed by atoms with E-state index >= 15 is 0 Å². The third kappa shape index (κ3) is 3.52. The largest absolute Gasteiger partial charge is 0.382 e. The van der Waals surface area contributed by atoms with Crippen LogP contribution in [-0.2, 0) is 9.47 Å². The number of aromatic nitrogens is 4. The van der Waals surface area contributed by atoms with Gasteiger partial charge in [-0.2, -0.15) is 4.98 Å². The average molecular weight is 267 g/mol. The summed E-state index contributed by atoms with van der Waals surface area (Å²) < 4.78 is 10.2. The van der Waals surface area contributed by atoms with Gasteiger partial charge in [0.05, 0.1) is 19.0 Å². The Morgan fingerprint density at radius 1 is 1.63 bits per heavy atom. The maximum atomic E-state index is 11.0. The molecule has 3 rings (SSSR count). The highest BCUT2D eigenvalue weighted by molar-refractivity contribution is 5.69. The van der Waals surface area contributed by atoms with Crippen molar-refractivity contribution in [3.05, 3.63) is 16.7 Å². The summed E-state index contributed by atoms with van der Waals surface area (Å²) in [5.41, 5.74) is 5.65. The van der Waals surface area contributed by atoms with Crippen molar-refractivity contribution in [2.75, 3.05) is 26.1 Å². The quantitative estimate of drug-likeness (QED) is 0.706. The van der Waals surface area contributed by atoms with Gasteiger partial charge in [-0.3, -0.25) is 9.78 Å².